The van der Waals surface area contributed by atoms with Crippen molar-refractivity contribution in [3.63, 3.8) is 0 Å². The van der Waals surface area contributed by atoms with Crippen molar-refractivity contribution in [2.24, 2.45) is 10.3 Å². The van der Waals surface area contributed by atoms with Crippen molar-refractivity contribution < 1.29 is 14.3 Å². The van der Waals surface area contributed by atoms with Crippen molar-refractivity contribution in [3.8, 4) is 0 Å². The number of aryl methyl sites for hydroxylation is 1. The van der Waals surface area contributed by atoms with Gasteiger partial charge in [-0.05, 0) is 36.6 Å². The summed E-state index contributed by atoms with van der Waals surface area (Å²) >= 11 is 0. The second kappa shape index (κ2) is 8.85. The standard InChI is InChI=1S/C19H22N6O3/c1-20-18(26)25-12-6-8-13-7-5-11-16(17(13)25)23-24-22-15-10-4-3-9-14(15)21-19(27)28-2/h3-5,7,9-11H,6,8,12H2,1-2H3,(H,20,26)(H,21,27)(H,22,23). The minimum Gasteiger partial charge on any atom is -0.453 e. The Kier molecular flexibility index (Phi) is 6.05. The zero-order valence-electron chi connectivity index (χ0n) is 15.7. The summed E-state index contributed by atoms with van der Waals surface area (Å²) in [5, 5.41) is 13.5. The van der Waals surface area contributed by atoms with Crippen LogP contribution in [0.25, 0.3) is 0 Å². The highest BCUT2D eigenvalue weighted by molar-refractivity contribution is 5.97. The van der Waals surface area contributed by atoms with E-state index >= 15 is 0 Å². The van der Waals surface area contributed by atoms with Crippen LogP contribution in [0.4, 0.5) is 32.3 Å². The number of para-hydroxylation sites is 2. The third kappa shape index (κ3) is 4.20. The Bertz CT molecular complexity index is 899. The summed E-state index contributed by atoms with van der Waals surface area (Å²) in [5.41, 5.74) is 6.41. The predicted octanol–water partition coefficient (Wildman–Crippen LogP) is 4.07. The van der Waals surface area contributed by atoms with Gasteiger partial charge in [0.1, 0.15) is 5.69 Å². The largest absolute Gasteiger partial charge is 0.453 e. The molecule has 2 aromatic rings. The minimum atomic E-state index is -0.589. The number of amides is 3. The van der Waals surface area contributed by atoms with E-state index in [9.17, 15) is 9.59 Å². The van der Waals surface area contributed by atoms with Crippen LogP contribution in [0.1, 0.15) is 12.0 Å². The molecular formula is C19H22N6O3. The van der Waals surface area contributed by atoms with E-state index in [1.54, 1.807) is 36.2 Å². The molecule has 146 valence electrons. The fourth-order valence-electron chi connectivity index (χ4n) is 3.04. The van der Waals surface area contributed by atoms with E-state index in [0.717, 1.165) is 24.1 Å². The van der Waals surface area contributed by atoms with Crippen LogP contribution in [-0.4, -0.2) is 32.8 Å². The van der Waals surface area contributed by atoms with E-state index in [4.69, 9.17) is 0 Å². The number of carbonyl (C=O) groups is 2. The number of anilines is 3. The van der Waals surface area contributed by atoms with Crippen LogP contribution in [0.15, 0.2) is 52.8 Å². The molecule has 0 atom stereocenters. The third-order valence-corrected chi connectivity index (χ3v) is 4.33. The molecule has 3 rings (SSSR count). The van der Waals surface area contributed by atoms with Gasteiger partial charge in [-0.3, -0.25) is 15.6 Å². The summed E-state index contributed by atoms with van der Waals surface area (Å²) in [6.45, 7) is 0.633. The average Bonchev–Trinajstić information content (AvgIpc) is 2.73. The number of fused-ring (bicyclic) bond motifs is 1. The second-order valence-electron chi connectivity index (χ2n) is 6.07. The number of hydrogen-bond acceptors (Lipinski definition) is 5. The van der Waals surface area contributed by atoms with Gasteiger partial charge in [0.05, 0.1) is 24.2 Å². The van der Waals surface area contributed by atoms with E-state index in [-0.39, 0.29) is 6.03 Å². The smallest absolute Gasteiger partial charge is 0.411 e. The van der Waals surface area contributed by atoms with Crippen LogP contribution in [0.2, 0.25) is 0 Å². The fraction of sp³-hybridized carbons (Fsp3) is 0.263. The van der Waals surface area contributed by atoms with E-state index in [1.807, 2.05) is 18.2 Å². The first-order valence-corrected chi connectivity index (χ1v) is 8.86. The van der Waals surface area contributed by atoms with Crippen molar-refractivity contribution in [2.75, 3.05) is 36.3 Å². The predicted molar refractivity (Wildman–Crippen MR) is 107 cm³/mol. The van der Waals surface area contributed by atoms with Gasteiger partial charge in [0, 0.05) is 13.6 Å². The number of benzene rings is 2. The number of methoxy groups -OCH3 is 1. The molecule has 0 spiro atoms. The summed E-state index contributed by atoms with van der Waals surface area (Å²) in [4.78, 5) is 25.4. The molecule has 0 saturated carbocycles. The Morgan fingerprint density at radius 3 is 2.68 bits per heavy atom. The molecule has 0 bridgehead atoms. The van der Waals surface area contributed by atoms with Crippen molar-refractivity contribution in [2.45, 2.75) is 12.8 Å². The lowest BCUT2D eigenvalue weighted by Crippen LogP contribution is -2.41. The fourth-order valence-corrected chi connectivity index (χ4v) is 3.04. The molecule has 9 heteroatoms. The van der Waals surface area contributed by atoms with E-state index in [0.29, 0.717) is 23.6 Å². The quantitative estimate of drug-likeness (QED) is 0.547. The lowest BCUT2D eigenvalue weighted by molar-refractivity contribution is 0.187. The first kappa shape index (κ1) is 19.2. The molecule has 3 amide bonds. The first-order chi connectivity index (χ1) is 13.6. The Balaban J connectivity index is 1.83. The van der Waals surface area contributed by atoms with Gasteiger partial charge in [0.15, 0.2) is 0 Å². The number of hydrogen-bond donors (Lipinski definition) is 3. The number of nitrogens with zero attached hydrogens (tertiary/aromatic N) is 3. The maximum Gasteiger partial charge on any atom is 0.411 e. The lowest BCUT2D eigenvalue weighted by Gasteiger charge is -2.30. The zero-order valence-corrected chi connectivity index (χ0v) is 15.7. The molecule has 1 aliphatic rings. The summed E-state index contributed by atoms with van der Waals surface area (Å²) in [6, 6.07) is 12.6. The molecule has 0 saturated heterocycles. The second-order valence-corrected chi connectivity index (χ2v) is 6.07. The minimum absolute atomic E-state index is 0.167. The lowest BCUT2D eigenvalue weighted by atomic mass is 10.0. The van der Waals surface area contributed by atoms with Gasteiger partial charge in [0.25, 0.3) is 0 Å². The van der Waals surface area contributed by atoms with Gasteiger partial charge in [0.2, 0.25) is 0 Å². The van der Waals surface area contributed by atoms with Crippen molar-refractivity contribution >= 4 is 34.9 Å². The molecule has 1 aliphatic heterocycles. The van der Waals surface area contributed by atoms with Crippen LogP contribution in [0, 0.1) is 0 Å². The van der Waals surface area contributed by atoms with E-state index in [1.165, 1.54) is 7.11 Å². The van der Waals surface area contributed by atoms with E-state index in [2.05, 4.69) is 31.1 Å². The summed E-state index contributed by atoms with van der Waals surface area (Å²) in [6.07, 6.45) is 1.20. The summed E-state index contributed by atoms with van der Waals surface area (Å²) in [7, 11) is 2.90. The molecule has 0 unspecified atom stereocenters. The molecule has 3 N–H and O–H groups in total. The number of ether oxygens (including phenoxy) is 1. The van der Waals surface area contributed by atoms with E-state index < -0.39 is 6.09 Å². The van der Waals surface area contributed by atoms with Crippen LogP contribution in [0.3, 0.4) is 0 Å². The van der Waals surface area contributed by atoms with Gasteiger partial charge in [-0.15, -0.1) is 5.11 Å². The average molecular weight is 382 g/mol. The number of rotatable bonds is 4. The maximum absolute atomic E-state index is 12.2. The Morgan fingerprint density at radius 1 is 1.11 bits per heavy atom. The van der Waals surface area contributed by atoms with Gasteiger partial charge >= 0.3 is 12.1 Å². The van der Waals surface area contributed by atoms with Gasteiger partial charge in [-0.1, -0.05) is 29.5 Å². The number of urea groups is 1. The van der Waals surface area contributed by atoms with Crippen molar-refractivity contribution in [1.29, 1.82) is 0 Å². The Morgan fingerprint density at radius 2 is 1.89 bits per heavy atom. The van der Waals surface area contributed by atoms with Gasteiger partial charge in [-0.2, -0.15) is 0 Å². The third-order valence-electron chi connectivity index (χ3n) is 4.33. The highest BCUT2D eigenvalue weighted by Crippen LogP contribution is 2.35. The molecular weight excluding hydrogens is 360 g/mol. The number of carbonyl (C=O) groups excluding carboxylic acids is 2. The number of nitrogens with one attached hydrogen (secondary N) is 3. The first-order valence-electron chi connectivity index (χ1n) is 8.86. The molecule has 0 radical (unpaired) electrons. The van der Waals surface area contributed by atoms with Crippen molar-refractivity contribution in [3.05, 3.63) is 48.0 Å². The molecule has 9 nitrogen and oxygen atoms in total. The highest BCUT2D eigenvalue weighted by Gasteiger charge is 2.24. The highest BCUT2D eigenvalue weighted by atomic mass is 16.5. The zero-order chi connectivity index (χ0) is 19.9. The molecule has 28 heavy (non-hydrogen) atoms. The summed E-state index contributed by atoms with van der Waals surface area (Å²) < 4.78 is 4.61. The van der Waals surface area contributed by atoms with Crippen LogP contribution in [0.5, 0.6) is 0 Å². The van der Waals surface area contributed by atoms with Crippen molar-refractivity contribution in [1.82, 2.24) is 5.32 Å². The van der Waals surface area contributed by atoms with Crippen LogP contribution >= 0.6 is 0 Å². The topological polar surface area (TPSA) is 107 Å². The molecule has 2 aromatic carbocycles. The van der Waals surface area contributed by atoms with Crippen LogP contribution < -0.4 is 21.0 Å². The molecule has 0 fully saturated rings. The van der Waals surface area contributed by atoms with Gasteiger partial charge < -0.3 is 10.1 Å². The normalized spacial score (nSPS) is 13.0. The molecule has 0 aromatic heterocycles. The van der Waals surface area contributed by atoms with Crippen LogP contribution in [-0.2, 0) is 11.2 Å². The molecule has 1 heterocycles. The Hall–Kier alpha value is -3.62. The monoisotopic (exact) mass is 382 g/mol. The summed E-state index contributed by atoms with van der Waals surface area (Å²) in [5.74, 6) is 0. The molecule has 0 aliphatic carbocycles. The Labute approximate surface area is 162 Å². The SMILES string of the molecule is CNC(=O)N1CCCc2cccc(NN=Nc3ccccc3NC(=O)OC)c21. The maximum atomic E-state index is 12.2. The van der Waals surface area contributed by atoms with Gasteiger partial charge in [-0.25, -0.2) is 9.59 Å².